The first kappa shape index (κ1) is 26.3. The van der Waals surface area contributed by atoms with Crippen LogP contribution in [0.2, 0.25) is 0 Å². The third kappa shape index (κ3) is 6.91. The van der Waals surface area contributed by atoms with E-state index in [0.29, 0.717) is 5.56 Å². The summed E-state index contributed by atoms with van der Waals surface area (Å²) in [4.78, 5) is 11.8. The average Bonchev–Trinajstić information content (AvgIpc) is 2.61. The topological polar surface area (TPSA) is 87.0 Å². The molecule has 2 aromatic rings. The molecule has 0 atom stereocenters. The van der Waals surface area contributed by atoms with Crippen LogP contribution in [-0.2, 0) is 21.0 Å². The van der Waals surface area contributed by atoms with Crippen LogP contribution in [0.25, 0.3) is 0 Å². The van der Waals surface area contributed by atoms with Crippen LogP contribution in [-0.4, -0.2) is 28.4 Å². The molecule has 5 nitrogen and oxygen atoms in total. The normalized spacial score (nSPS) is 12.1. The van der Waals surface area contributed by atoms with Gasteiger partial charge in [0.2, 0.25) is 0 Å². The highest BCUT2D eigenvalue weighted by molar-refractivity contribution is 5.90. The van der Waals surface area contributed by atoms with Gasteiger partial charge in [0.05, 0.1) is 12.7 Å². The molecule has 0 unspecified atom stereocenters. The minimum atomic E-state index is -0.379. The number of hydrogen-bond acceptors (Lipinski definition) is 5. The largest absolute Gasteiger partial charge is 0.507 e. The van der Waals surface area contributed by atoms with Gasteiger partial charge in [0.1, 0.15) is 5.75 Å². The minimum absolute atomic E-state index is 0.00514. The summed E-state index contributed by atoms with van der Waals surface area (Å²) in [5.41, 5.74) is 2.54. The average molecular weight is 431 g/mol. The van der Waals surface area contributed by atoms with E-state index in [0.717, 1.165) is 16.7 Å². The summed E-state index contributed by atoms with van der Waals surface area (Å²) in [6.07, 6.45) is 0. The Morgan fingerprint density at radius 2 is 1.16 bits per heavy atom. The van der Waals surface area contributed by atoms with Crippen LogP contribution in [0.15, 0.2) is 30.3 Å². The lowest BCUT2D eigenvalue weighted by Crippen LogP contribution is -2.19. The summed E-state index contributed by atoms with van der Waals surface area (Å²) in [5.74, 6) is -0.228. The monoisotopic (exact) mass is 430 g/mol. The van der Waals surface area contributed by atoms with E-state index in [2.05, 4.69) is 20.8 Å². The maximum Gasteiger partial charge on any atom is 0.337 e. The fourth-order valence-corrected chi connectivity index (χ4v) is 3.00. The quantitative estimate of drug-likeness (QED) is 0.372. The van der Waals surface area contributed by atoms with Crippen molar-refractivity contribution in [1.29, 1.82) is 0 Å². The van der Waals surface area contributed by atoms with E-state index in [1.165, 1.54) is 13.2 Å². The van der Waals surface area contributed by atoms with Crippen molar-refractivity contribution in [3.05, 3.63) is 52.6 Å². The van der Waals surface area contributed by atoms with Crippen molar-refractivity contribution in [3.63, 3.8) is 0 Å². The van der Waals surface area contributed by atoms with Crippen LogP contribution >= 0.6 is 0 Å². The molecule has 0 saturated heterocycles. The molecule has 0 heterocycles. The molecule has 0 aliphatic rings. The first-order chi connectivity index (χ1) is 13.9. The van der Waals surface area contributed by atoms with Crippen LogP contribution in [0.4, 0.5) is 0 Å². The van der Waals surface area contributed by atoms with Gasteiger partial charge in [-0.1, -0.05) is 68.4 Å². The van der Waals surface area contributed by atoms with E-state index < -0.39 is 0 Å². The van der Waals surface area contributed by atoms with E-state index in [4.69, 9.17) is 9.84 Å². The number of ether oxygens (including phenoxy) is 1. The van der Waals surface area contributed by atoms with E-state index in [1.807, 2.05) is 47.6 Å². The summed E-state index contributed by atoms with van der Waals surface area (Å²) < 4.78 is 4.79. The van der Waals surface area contributed by atoms with Gasteiger partial charge in [-0.3, -0.25) is 0 Å². The first-order valence-electron chi connectivity index (χ1n) is 10.4. The van der Waals surface area contributed by atoms with E-state index in [1.54, 1.807) is 18.2 Å². The fraction of sp³-hybridized carbons (Fsp3) is 0.500. The van der Waals surface area contributed by atoms with E-state index >= 15 is 0 Å². The van der Waals surface area contributed by atoms with Crippen molar-refractivity contribution in [2.45, 2.75) is 78.6 Å². The molecule has 0 spiro atoms. The number of carbonyl (C=O) groups is 1. The molecule has 0 bridgehead atoms. The molecule has 31 heavy (non-hydrogen) atoms. The highest BCUT2D eigenvalue weighted by Gasteiger charge is 2.27. The second kappa shape index (κ2) is 9.21. The predicted molar refractivity (Wildman–Crippen MR) is 125 cm³/mol. The number of benzene rings is 2. The number of methoxy groups -OCH3 is 1. The van der Waals surface area contributed by atoms with Crippen LogP contribution in [0.3, 0.4) is 0 Å². The third-order valence-corrected chi connectivity index (χ3v) is 4.99. The van der Waals surface area contributed by atoms with Crippen LogP contribution in [0.5, 0.6) is 17.2 Å². The van der Waals surface area contributed by atoms with Gasteiger partial charge in [-0.15, -0.1) is 0 Å². The number of aromatic hydroxyl groups is 3. The third-order valence-electron chi connectivity index (χ3n) is 4.99. The molecule has 0 aliphatic carbocycles. The van der Waals surface area contributed by atoms with Crippen LogP contribution in [0.1, 0.15) is 89.4 Å². The van der Waals surface area contributed by atoms with Crippen molar-refractivity contribution in [2.24, 2.45) is 0 Å². The number of carbonyl (C=O) groups excluding carboxylic acids is 1. The number of phenols is 3. The summed E-state index contributed by atoms with van der Waals surface area (Å²) in [7, 11) is 1.36. The summed E-state index contributed by atoms with van der Waals surface area (Å²) in [6, 6.07) is 8.35. The zero-order chi connectivity index (χ0) is 24.4. The molecule has 2 rings (SSSR count). The van der Waals surface area contributed by atoms with Gasteiger partial charge in [0.15, 0.2) is 11.5 Å². The standard InChI is InChI=1S/C16H24O3.C10H14O2/c1-15(2,3)11-8-10(14(18)19-7)9-12(13(11)17)16(4,5)6;1-10(2,3)7-4-5-8(11)9(12)6-7/h8-9,17H,1-7H3;4-6,11-12H,1-3H3. The Hall–Kier alpha value is -2.69. The highest BCUT2D eigenvalue weighted by Crippen LogP contribution is 2.39. The highest BCUT2D eigenvalue weighted by atomic mass is 16.5. The van der Waals surface area contributed by atoms with Gasteiger partial charge in [0, 0.05) is 11.1 Å². The lowest BCUT2D eigenvalue weighted by Gasteiger charge is -2.27. The molecule has 3 N–H and O–H groups in total. The van der Waals surface area contributed by atoms with E-state index in [-0.39, 0.29) is 39.5 Å². The molecular weight excluding hydrogens is 392 g/mol. The number of phenolic OH excluding ortho intramolecular Hbond substituents is 3. The Morgan fingerprint density at radius 3 is 1.48 bits per heavy atom. The summed E-state index contributed by atoms with van der Waals surface area (Å²) >= 11 is 0. The fourth-order valence-electron chi connectivity index (χ4n) is 3.00. The SMILES string of the molecule is CC(C)(C)c1ccc(O)c(O)c1.COC(=O)c1cc(C(C)(C)C)c(O)c(C(C)(C)C)c1. The zero-order valence-electron chi connectivity index (χ0n) is 20.5. The Kier molecular flexibility index (Phi) is 7.83. The van der Waals surface area contributed by atoms with Gasteiger partial charge in [-0.05, 0) is 46.1 Å². The molecule has 0 aliphatic heterocycles. The summed E-state index contributed by atoms with van der Waals surface area (Å²) in [5, 5.41) is 28.8. The Morgan fingerprint density at radius 1 is 0.710 bits per heavy atom. The second-order valence-corrected chi connectivity index (χ2v) is 10.9. The van der Waals surface area contributed by atoms with Gasteiger partial charge in [-0.2, -0.15) is 0 Å². The molecule has 0 radical (unpaired) electrons. The predicted octanol–water partition coefficient (Wildman–Crippen LogP) is 6.17. The summed E-state index contributed by atoms with van der Waals surface area (Å²) in [6.45, 7) is 18.2. The Balaban J connectivity index is 0.000000343. The maximum atomic E-state index is 11.8. The number of rotatable bonds is 1. The van der Waals surface area contributed by atoms with Gasteiger partial charge in [-0.25, -0.2) is 4.79 Å². The molecule has 0 aromatic heterocycles. The minimum Gasteiger partial charge on any atom is -0.507 e. The lowest BCUT2D eigenvalue weighted by atomic mass is 9.78. The van der Waals surface area contributed by atoms with Crippen molar-refractivity contribution in [1.82, 2.24) is 0 Å². The Labute approximate surface area is 186 Å². The lowest BCUT2D eigenvalue weighted by molar-refractivity contribution is 0.0600. The van der Waals surface area contributed by atoms with Gasteiger partial charge < -0.3 is 20.1 Å². The molecule has 5 heteroatoms. The Bertz CT molecular complexity index is 887. The zero-order valence-corrected chi connectivity index (χ0v) is 20.5. The van der Waals surface area contributed by atoms with Crippen LogP contribution in [0, 0.1) is 0 Å². The van der Waals surface area contributed by atoms with Crippen molar-refractivity contribution < 1.29 is 24.9 Å². The maximum absolute atomic E-state index is 11.8. The van der Waals surface area contributed by atoms with E-state index in [9.17, 15) is 15.0 Å². The molecule has 2 aromatic carbocycles. The van der Waals surface area contributed by atoms with Gasteiger partial charge in [0.25, 0.3) is 0 Å². The molecule has 172 valence electrons. The molecule has 0 fully saturated rings. The van der Waals surface area contributed by atoms with Crippen molar-refractivity contribution in [2.75, 3.05) is 7.11 Å². The number of hydrogen-bond donors (Lipinski definition) is 3. The molecule has 0 amide bonds. The smallest absolute Gasteiger partial charge is 0.337 e. The number of esters is 1. The van der Waals surface area contributed by atoms with Crippen LogP contribution < -0.4 is 0 Å². The van der Waals surface area contributed by atoms with Crippen molar-refractivity contribution >= 4 is 5.97 Å². The second-order valence-electron chi connectivity index (χ2n) is 10.9. The molecular formula is C26H38O5. The first-order valence-corrected chi connectivity index (χ1v) is 10.4. The van der Waals surface area contributed by atoms with Crippen molar-refractivity contribution in [3.8, 4) is 17.2 Å². The molecule has 0 saturated carbocycles. The van der Waals surface area contributed by atoms with Gasteiger partial charge >= 0.3 is 5.97 Å².